The average molecular weight is 409 g/mol. The van der Waals surface area contributed by atoms with E-state index in [1.807, 2.05) is 42.5 Å². The summed E-state index contributed by atoms with van der Waals surface area (Å²) in [6, 6.07) is 17.4. The van der Waals surface area contributed by atoms with E-state index in [1.165, 1.54) is 29.3 Å². The normalized spacial score (nSPS) is 15.6. The third-order valence-corrected chi connectivity index (χ3v) is 5.38. The highest BCUT2D eigenvalue weighted by molar-refractivity contribution is 8.14. The molecule has 0 aromatic heterocycles. The number of thioether (sulfide) groups is 1. The van der Waals surface area contributed by atoms with E-state index in [0.717, 1.165) is 5.56 Å². The minimum Gasteiger partial charge on any atom is -0.468 e. The first-order valence-corrected chi connectivity index (χ1v) is 10.3. The van der Waals surface area contributed by atoms with Crippen LogP contribution in [-0.4, -0.2) is 29.9 Å². The minimum absolute atomic E-state index is 0.0643. The molecule has 0 spiro atoms. The zero-order valence-corrected chi connectivity index (χ0v) is 17.8. The summed E-state index contributed by atoms with van der Waals surface area (Å²) in [5.41, 5.74) is 3.23. The van der Waals surface area contributed by atoms with Gasteiger partial charge in [0.15, 0.2) is 5.17 Å². The summed E-state index contributed by atoms with van der Waals surface area (Å²) in [6.07, 6.45) is 1.77. The van der Waals surface area contributed by atoms with E-state index in [1.54, 1.807) is 6.08 Å². The number of esters is 1. The molecule has 0 radical (unpaired) electrons. The molecule has 0 aliphatic carbocycles. The smallest absolute Gasteiger partial charge is 0.316 e. The van der Waals surface area contributed by atoms with Gasteiger partial charge < -0.3 is 4.74 Å². The van der Waals surface area contributed by atoms with Gasteiger partial charge in [-0.05, 0) is 34.8 Å². The van der Waals surface area contributed by atoms with Crippen LogP contribution in [0.5, 0.6) is 0 Å². The van der Waals surface area contributed by atoms with Crippen LogP contribution in [0.1, 0.15) is 31.9 Å². The number of benzene rings is 2. The highest BCUT2D eigenvalue weighted by Crippen LogP contribution is 2.30. The Morgan fingerprint density at radius 3 is 2.34 bits per heavy atom. The summed E-state index contributed by atoms with van der Waals surface area (Å²) in [5, 5.41) is 0.462. The van der Waals surface area contributed by atoms with Crippen molar-refractivity contribution in [3.05, 3.63) is 71.4 Å². The van der Waals surface area contributed by atoms with Gasteiger partial charge in [0.05, 0.1) is 18.6 Å². The Bertz CT molecular complexity index is 958. The van der Waals surface area contributed by atoms with Crippen molar-refractivity contribution in [3.63, 3.8) is 0 Å². The Morgan fingerprint density at radius 1 is 1.10 bits per heavy atom. The number of hydrogen-bond donors (Lipinski definition) is 0. The second kappa shape index (κ2) is 8.66. The van der Waals surface area contributed by atoms with E-state index >= 15 is 0 Å². The van der Waals surface area contributed by atoms with E-state index in [4.69, 9.17) is 4.74 Å². The van der Waals surface area contributed by atoms with Gasteiger partial charge in [-0.2, -0.15) is 0 Å². The number of carbonyl (C=O) groups excluding carboxylic acids is 2. The predicted molar refractivity (Wildman–Crippen MR) is 119 cm³/mol. The molecule has 150 valence electrons. The lowest BCUT2D eigenvalue weighted by Crippen LogP contribution is -2.30. The molecule has 5 nitrogen and oxygen atoms in total. The van der Waals surface area contributed by atoms with Crippen LogP contribution in [0, 0.1) is 0 Å². The van der Waals surface area contributed by atoms with Crippen molar-refractivity contribution < 1.29 is 14.3 Å². The molecule has 6 heteroatoms. The zero-order chi connectivity index (χ0) is 21.0. The third kappa shape index (κ3) is 4.95. The zero-order valence-electron chi connectivity index (χ0n) is 17.0. The Kier molecular flexibility index (Phi) is 6.23. The van der Waals surface area contributed by atoms with Crippen molar-refractivity contribution in [2.45, 2.75) is 26.2 Å². The molecule has 0 atom stereocenters. The molecule has 0 N–H and O–H groups in total. The largest absolute Gasteiger partial charge is 0.468 e. The van der Waals surface area contributed by atoms with Crippen LogP contribution in [0.3, 0.4) is 0 Å². The number of nitrogens with zero attached hydrogens (tertiary/aromatic N) is 2. The lowest BCUT2D eigenvalue weighted by Gasteiger charge is -2.18. The number of amides is 1. The summed E-state index contributed by atoms with van der Waals surface area (Å²) < 4.78 is 4.71. The van der Waals surface area contributed by atoms with Crippen LogP contribution in [0.25, 0.3) is 6.08 Å². The number of ether oxygens (including phenoxy) is 1. The Labute approximate surface area is 175 Å². The minimum atomic E-state index is -0.367. The molecule has 0 fully saturated rings. The van der Waals surface area contributed by atoms with Crippen LogP contribution in [-0.2, 0) is 19.7 Å². The second-order valence-corrected chi connectivity index (χ2v) is 8.58. The van der Waals surface area contributed by atoms with Gasteiger partial charge >= 0.3 is 5.97 Å². The fourth-order valence-electron chi connectivity index (χ4n) is 2.82. The summed E-state index contributed by atoms with van der Waals surface area (Å²) in [4.78, 5) is 30.7. The van der Waals surface area contributed by atoms with Gasteiger partial charge in [-0.25, -0.2) is 4.99 Å². The highest BCUT2D eigenvalue weighted by Gasteiger charge is 2.32. The summed E-state index contributed by atoms with van der Waals surface area (Å²) in [5.74, 6) is -0.503. The Balaban J connectivity index is 1.92. The molecule has 0 saturated carbocycles. The molecular weight excluding hydrogens is 384 g/mol. The van der Waals surface area contributed by atoms with Crippen molar-refractivity contribution in [2.75, 3.05) is 17.8 Å². The van der Waals surface area contributed by atoms with Gasteiger partial charge in [0.2, 0.25) is 0 Å². The predicted octanol–water partition coefficient (Wildman–Crippen LogP) is 4.63. The Morgan fingerprint density at radius 2 is 1.76 bits per heavy atom. The molecule has 0 saturated heterocycles. The van der Waals surface area contributed by atoms with Gasteiger partial charge in [0.25, 0.3) is 5.91 Å². The maximum absolute atomic E-state index is 13.1. The van der Waals surface area contributed by atoms with Gasteiger partial charge in [-0.1, -0.05) is 75.0 Å². The van der Waals surface area contributed by atoms with Crippen LogP contribution in [0.4, 0.5) is 5.69 Å². The molecular formula is C23H24N2O3S. The fourth-order valence-corrected chi connectivity index (χ4v) is 3.66. The first-order chi connectivity index (χ1) is 13.8. The molecule has 1 aliphatic heterocycles. The molecule has 1 amide bonds. The molecule has 2 aromatic carbocycles. The number of carbonyl (C=O) groups is 2. The van der Waals surface area contributed by atoms with Gasteiger partial charge in [-0.15, -0.1) is 0 Å². The van der Waals surface area contributed by atoms with E-state index in [-0.39, 0.29) is 23.0 Å². The van der Waals surface area contributed by atoms with Crippen molar-refractivity contribution in [1.82, 2.24) is 0 Å². The lowest BCUT2D eigenvalue weighted by atomic mass is 9.87. The summed E-state index contributed by atoms with van der Waals surface area (Å²) in [6.45, 7) is 6.48. The first-order valence-electron chi connectivity index (χ1n) is 9.29. The van der Waals surface area contributed by atoms with E-state index in [9.17, 15) is 9.59 Å². The standard InChI is InChI=1S/C23H24N2O3S/c1-23(2,3)17-12-10-16(11-13-17)14-19-21(27)25(18-8-6-5-7-9-18)22(24-19)29-15-20(26)28-4/h5-14H,15H2,1-4H3/b19-14+. The fraction of sp³-hybridized carbons (Fsp3) is 0.261. The van der Waals surface area contributed by atoms with Gasteiger partial charge in [0, 0.05) is 0 Å². The van der Waals surface area contributed by atoms with Gasteiger partial charge in [-0.3, -0.25) is 14.5 Å². The van der Waals surface area contributed by atoms with Crippen molar-refractivity contribution in [3.8, 4) is 0 Å². The molecule has 1 heterocycles. The summed E-state index contributed by atoms with van der Waals surface area (Å²) in [7, 11) is 1.34. The van der Waals surface area contributed by atoms with Crippen molar-refractivity contribution in [1.29, 1.82) is 0 Å². The van der Waals surface area contributed by atoms with Crippen LogP contribution in [0.15, 0.2) is 65.3 Å². The number of para-hydroxylation sites is 1. The van der Waals surface area contributed by atoms with Crippen molar-refractivity contribution >= 4 is 40.6 Å². The number of hydrogen-bond acceptors (Lipinski definition) is 5. The number of methoxy groups -OCH3 is 1. The molecule has 0 bridgehead atoms. The van der Waals surface area contributed by atoms with E-state index in [0.29, 0.717) is 16.6 Å². The Hall–Kier alpha value is -2.86. The van der Waals surface area contributed by atoms with E-state index < -0.39 is 0 Å². The monoisotopic (exact) mass is 408 g/mol. The molecule has 3 rings (SSSR count). The topological polar surface area (TPSA) is 59.0 Å². The maximum Gasteiger partial charge on any atom is 0.316 e. The van der Waals surface area contributed by atoms with Crippen LogP contribution >= 0.6 is 11.8 Å². The number of anilines is 1. The van der Waals surface area contributed by atoms with Crippen LogP contribution < -0.4 is 4.90 Å². The average Bonchev–Trinajstić information content (AvgIpc) is 3.01. The molecule has 0 unspecified atom stereocenters. The van der Waals surface area contributed by atoms with Gasteiger partial charge in [0.1, 0.15) is 5.70 Å². The number of amidine groups is 1. The summed E-state index contributed by atoms with van der Waals surface area (Å²) >= 11 is 1.18. The first kappa shape index (κ1) is 20.9. The quantitative estimate of drug-likeness (QED) is 0.546. The maximum atomic E-state index is 13.1. The lowest BCUT2D eigenvalue weighted by molar-refractivity contribution is -0.137. The number of rotatable bonds is 4. The SMILES string of the molecule is COC(=O)CSC1=N/C(=C/c2ccc(C(C)(C)C)cc2)C(=O)N1c1ccccc1. The number of aliphatic imine (C=N–C) groups is 1. The third-order valence-electron chi connectivity index (χ3n) is 4.47. The molecule has 1 aliphatic rings. The van der Waals surface area contributed by atoms with Crippen molar-refractivity contribution in [2.24, 2.45) is 4.99 Å². The molecule has 2 aromatic rings. The molecule has 29 heavy (non-hydrogen) atoms. The van der Waals surface area contributed by atoms with E-state index in [2.05, 4.69) is 37.9 Å². The second-order valence-electron chi connectivity index (χ2n) is 7.64. The van der Waals surface area contributed by atoms with Crippen LogP contribution in [0.2, 0.25) is 0 Å². The highest BCUT2D eigenvalue weighted by atomic mass is 32.2.